The highest BCUT2D eigenvalue weighted by atomic mass is 32.1. The summed E-state index contributed by atoms with van der Waals surface area (Å²) in [6.45, 7) is 5.72. The van der Waals surface area contributed by atoms with E-state index < -0.39 is 18.4 Å². The summed E-state index contributed by atoms with van der Waals surface area (Å²) in [6, 6.07) is 9.63. The highest BCUT2D eigenvalue weighted by Crippen LogP contribution is 2.38. The Hall–Kier alpha value is -3.69. The molecule has 0 unspecified atom stereocenters. The number of benzene rings is 2. The van der Waals surface area contributed by atoms with E-state index in [1.54, 1.807) is 35.0 Å². The largest absolute Gasteiger partial charge is 0.476 e. The first kappa shape index (κ1) is 27.9. The lowest BCUT2D eigenvalue weighted by atomic mass is 9.93. The smallest absolute Gasteiger partial charge is 0.355 e. The summed E-state index contributed by atoms with van der Waals surface area (Å²) in [5.41, 5.74) is 4.20. The molecule has 0 amide bonds. The third-order valence-electron chi connectivity index (χ3n) is 6.86. The van der Waals surface area contributed by atoms with Gasteiger partial charge in [0.1, 0.15) is 11.6 Å². The Morgan fingerprint density at radius 2 is 1.93 bits per heavy atom. The Kier molecular flexibility index (Phi) is 7.70. The minimum absolute atomic E-state index is 0.0611. The van der Waals surface area contributed by atoms with Crippen LogP contribution in [0.3, 0.4) is 0 Å². The van der Waals surface area contributed by atoms with Gasteiger partial charge in [0.05, 0.1) is 18.0 Å². The minimum atomic E-state index is -1.12. The molecule has 4 aromatic rings. The summed E-state index contributed by atoms with van der Waals surface area (Å²) < 4.78 is 31.2. The van der Waals surface area contributed by atoms with E-state index in [2.05, 4.69) is 4.98 Å². The van der Waals surface area contributed by atoms with Crippen molar-refractivity contribution in [2.75, 3.05) is 0 Å². The van der Waals surface area contributed by atoms with Gasteiger partial charge in [-0.2, -0.15) is 5.10 Å². The van der Waals surface area contributed by atoms with Crippen LogP contribution in [0.5, 0.6) is 0 Å². The summed E-state index contributed by atoms with van der Waals surface area (Å²) >= 11 is 1.19. The average Bonchev–Trinajstić information content (AvgIpc) is 3.46. The monoisotopic (exact) mass is 563 g/mol. The number of aliphatic hydroxyl groups excluding tert-OH is 1. The minimum Gasteiger partial charge on any atom is -0.476 e. The number of nitrogens with zero attached hydrogens (tertiary/aromatic N) is 3. The summed E-state index contributed by atoms with van der Waals surface area (Å²) in [5.74, 6) is -1.49. The third kappa shape index (κ3) is 6.21. The van der Waals surface area contributed by atoms with Gasteiger partial charge in [-0.1, -0.05) is 45.1 Å². The lowest BCUT2D eigenvalue weighted by Gasteiger charge is -2.12. The number of aromatic carboxylic acids is 1. The fraction of sp³-hybridized carbons (Fsp3) is 0.323. The van der Waals surface area contributed by atoms with E-state index in [0.29, 0.717) is 46.3 Å². The van der Waals surface area contributed by atoms with Crippen LogP contribution in [-0.4, -0.2) is 30.9 Å². The van der Waals surface area contributed by atoms with Crippen LogP contribution in [0.4, 0.5) is 8.78 Å². The number of carbonyl (C=O) groups is 1. The highest BCUT2D eigenvalue weighted by molar-refractivity contribution is 7.12. The van der Waals surface area contributed by atoms with Crippen molar-refractivity contribution in [3.05, 3.63) is 93.1 Å². The standard InChI is InChI=1S/C31H31F2N3O3S/c1-31(2,3)11-10-20-15-21(8-9-24(20)32)28-23(12-19-6-7-22(16-37)25(33)13-19)27(14-18-4-5-18)36(35-28)30-34-26(17-40-30)29(38)39/h6-11,13,15,17-18,37H,4-5,12,14,16H2,1-3H3,(H,38,39)/b11-10+. The van der Waals surface area contributed by atoms with Crippen molar-refractivity contribution < 1.29 is 23.8 Å². The van der Waals surface area contributed by atoms with Crippen LogP contribution in [0.15, 0.2) is 47.9 Å². The molecule has 0 aliphatic heterocycles. The summed E-state index contributed by atoms with van der Waals surface area (Å²) in [7, 11) is 0. The van der Waals surface area contributed by atoms with Gasteiger partial charge in [0, 0.05) is 34.1 Å². The van der Waals surface area contributed by atoms with Gasteiger partial charge in [-0.05, 0) is 60.4 Å². The topological polar surface area (TPSA) is 88.2 Å². The Labute approximate surface area is 235 Å². The highest BCUT2D eigenvalue weighted by Gasteiger charge is 2.29. The Morgan fingerprint density at radius 3 is 2.55 bits per heavy atom. The number of aromatic nitrogens is 3. The molecule has 40 heavy (non-hydrogen) atoms. The SMILES string of the molecule is CC(C)(C)/C=C/c1cc(-c2nn(-c3nc(C(=O)O)cs3)c(CC3CC3)c2Cc2ccc(CO)c(F)c2)ccc1F. The predicted molar refractivity (Wildman–Crippen MR) is 152 cm³/mol. The molecule has 0 atom stereocenters. The van der Waals surface area contributed by atoms with Crippen LogP contribution in [0.25, 0.3) is 22.5 Å². The predicted octanol–water partition coefficient (Wildman–Crippen LogP) is 7.07. The molecule has 5 rings (SSSR count). The van der Waals surface area contributed by atoms with Crippen molar-refractivity contribution in [1.29, 1.82) is 0 Å². The molecule has 9 heteroatoms. The molecule has 0 bridgehead atoms. The van der Waals surface area contributed by atoms with Crippen molar-refractivity contribution in [3.8, 4) is 16.4 Å². The number of carboxylic acids is 1. The molecule has 2 N–H and O–H groups in total. The maximum absolute atomic E-state index is 14.8. The summed E-state index contributed by atoms with van der Waals surface area (Å²) in [6.07, 6.45) is 6.93. The fourth-order valence-corrected chi connectivity index (χ4v) is 5.29. The number of carboxylic acid groups (broad SMARTS) is 1. The maximum Gasteiger partial charge on any atom is 0.355 e. The van der Waals surface area contributed by atoms with Crippen LogP contribution in [0, 0.1) is 23.0 Å². The van der Waals surface area contributed by atoms with Crippen molar-refractivity contribution in [1.82, 2.24) is 14.8 Å². The zero-order valence-corrected chi connectivity index (χ0v) is 23.4. The Morgan fingerprint density at radius 1 is 1.15 bits per heavy atom. The van der Waals surface area contributed by atoms with Gasteiger partial charge >= 0.3 is 5.97 Å². The van der Waals surface area contributed by atoms with Crippen LogP contribution < -0.4 is 0 Å². The molecule has 0 spiro atoms. The average molecular weight is 564 g/mol. The number of aliphatic hydroxyl groups is 1. The van der Waals surface area contributed by atoms with Crippen molar-refractivity contribution in [3.63, 3.8) is 0 Å². The van der Waals surface area contributed by atoms with Gasteiger partial charge in [-0.25, -0.2) is 23.2 Å². The van der Waals surface area contributed by atoms with Gasteiger partial charge in [-0.15, -0.1) is 11.3 Å². The lowest BCUT2D eigenvalue weighted by molar-refractivity contribution is 0.0691. The molecule has 1 saturated carbocycles. The van der Waals surface area contributed by atoms with Crippen LogP contribution in [0.1, 0.15) is 72.0 Å². The molecule has 2 aromatic heterocycles. The first-order valence-electron chi connectivity index (χ1n) is 13.2. The zero-order chi connectivity index (χ0) is 28.6. The van der Waals surface area contributed by atoms with E-state index in [9.17, 15) is 23.8 Å². The molecule has 208 valence electrons. The van der Waals surface area contributed by atoms with Gasteiger partial charge in [0.15, 0.2) is 5.69 Å². The number of thiazole rings is 1. The molecule has 0 radical (unpaired) electrons. The molecular formula is C31H31F2N3O3S. The third-order valence-corrected chi connectivity index (χ3v) is 7.68. The van der Waals surface area contributed by atoms with Crippen molar-refractivity contribution >= 4 is 23.4 Å². The maximum atomic E-state index is 14.8. The first-order chi connectivity index (χ1) is 19.0. The normalized spacial score (nSPS) is 13.8. The Bertz CT molecular complexity index is 1600. The molecule has 1 aliphatic rings. The van der Waals surface area contributed by atoms with E-state index in [4.69, 9.17) is 5.10 Å². The van der Waals surface area contributed by atoms with Crippen molar-refractivity contribution in [2.24, 2.45) is 11.3 Å². The molecule has 0 saturated heterocycles. The number of rotatable bonds is 9. The second-order valence-electron chi connectivity index (χ2n) is 11.3. The first-order valence-corrected chi connectivity index (χ1v) is 14.1. The Balaban J connectivity index is 1.69. The summed E-state index contributed by atoms with van der Waals surface area (Å²) in [5, 5.41) is 25.7. The molecule has 1 aliphatic carbocycles. The fourth-order valence-electron chi connectivity index (χ4n) is 4.52. The molecule has 2 aromatic carbocycles. The second kappa shape index (κ2) is 11.1. The molecular weight excluding hydrogens is 532 g/mol. The van der Waals surface area contributed by atoms with Crippen LogP contribution >= 0.6 is 11.3 Å². The van der Waals surface area contributed by atoms with Crippen LogP contribution in [0.2, 0.25) is 0 Å². The number of allylic oxidation sites excluding steroid dienone is 1. The molecule has 6 nitrogen and oxygen atoms in total. The quantitative estimate of drug-likeness (QED) is 0.227. The number of halogens is 2. The van der Waals surface area contributed by atoms with Gasteiger partial charge < -0.3 is 10.2 Å². The van der Waals surface area contributed by atoms with E-state index in [1.165, 1.54) is 28.8 Å². The van der Waals surface area contributed by atoms with Gasteiger partial charge in [0.25, 0.3) is 0 Å². The van der Waals surface area contributed by atoms with Crippen molar-refractivity contribution in [2.45, 2.75) is 53.1 Å². The van der Waals surface area contributed by atoms with Crippen LogP contribution in [-0.2, 0) is 19.4 Å². The molecule has 2 heterocycles. The summed E-state index contributed by atoms with van der Waals surface area (Å²) in [4.78, 5) is 15.9. The zero-order valence-electron chi connectivity index (χ0n) is 22.6. The second-order valence-corrected chi connectivity index (χ2v) is 12.2. The van der Waals surface area contributed by atoms with E-state index in [1.807, 2.05) is 26.8 Å². The van der Waals surface area contributed by atoms with E-state index in [-0.39, 0.29) is 22.5 Å². The number of hydrogen-bond donors (Lipinski definition) is 2. The van der Waals surface area contributed by atoms with Gasteiger partial charge in [-0.3, -0.25) is 0 Å². The van der Waals surface area contributed by atoms with Gasteiger partial charge in [0.2, 0.25) is 5.13 Å². The molecule has 1 fully saturated rings. The lowest BCUT2D eigenvalue weighted by Crippen LogP contribution is -2.06. The van der Waals surface area contributed by atoms with E-state index >= 15 is 0 Å². The number of hydrogen-bond acceptors (Lipinski definition) is 5. The van der Waals surface area contributed by atoms with E-state index in [0.717, 1.165) is 24.1 Å².